The molecule has 130 valence electrons. The molecule has 0 fully saturated rings. The van der Waals surface area contributed by atoms with Crippen LogP contribution in [0.3, 0.4) is 0 Å². The average Bonchev–Trinajstić information content (AvgIpc) is 2.44. The molecule has 0 saturated carbocycles. The van der Waals surface area contributed by atoms with E-state index in [4.69, 9.17) is 0 Å². The molecule has 0 spiro atoms. The van der Waals surface area contributed by atoms with Crippen molar-refractivity contribution >= 4 is 11.6 Å². The zero-order valence-electron chi connectivity index (χ0n) is 16.4. The van der Waals surface area contributed by atoms with Crippen LogP contribution in [0.15, 0.2) is 24.3 Å². The molecule has 0 aliphatic heterocycles. The lowest BCUT2D eigenvalue weighted by Crippen LogP contribution is -2.50. The molecule has 1 aromatic carbocycles. The van der Waals surface area contributed by atoms with Crippen LogP contribution < -0.4 is 4.90 Å². The van der Waals surface area contributed by atoms with Gasteiger partial charge in [0, 0.05) is 17.1 Å². The van der Waals surface area contributed by atoms with E-state index in [1.807, 2.05) is 11.0 Å². The Hall–Kier alpha value is -1.31. The van der Waals surface area contributed by atoms with Gasteiger partial charge in [-0.15, -0.1) is 0 Å². The molecular weight excluding hydrogens is 282 g/mol. The van der Waals surface area contributed by atoms with Gasteiger partial charge in [-0.1, -0.05) is 66.5 Å². The van der Waals surface area contributed by atoms with Gasteiger partial charge >= 0.3 is 0 Å². The quantitative estimate of drug-likeness (QED) is 0.632. The van der Waals surface area contributed by atoms with E-state index in [1.54, 1.807) is 0 Å². The van der Waals surface area contributed by atoms with Crippen LogP contribution in [-0.4, -0.2) is 11.9 Å². The smallest absolute Gasteiger partial charge is 0.233 e. The number of rotatable bonds is 6. The number of hydrogen-bond donors (Lipinski definition) is 0. The number of hydrogen-bond acceptors (Lipinski definition) is 1. The highest BCUT2D eigenvalue weighted by molar-refractivity contribution is 5.98. The normalized spacial score (nSPS) is 13.7. The number of nitrogens with zero attached hydrogens (tertiary/aromatic N) is 1. The van der Waals surface area contributed by atoms with E-state index in [0.29, 0.717) is 0 Å². The van der Waals surface area contributed by atoms with Gasteiger partial charge in [0.05, 0.1) is 0 Å². The maximum Gasteiger partial charge on any atom is 0.233 e. The van der Waals surface area contributed by atoms with Crippen LogP contribution in [0.2, 0.25) is 0 Å². The summed E-state index contributed by atoms with van der Waals surface area (Å²) in [5, 5.41) is 0. The lowest BCUT2D eigenvalue weighted by Gasteiger charge is -2.43. The fourth-order valence-electron chi connectivity index (χ4n) is 2.60. The average molecular weight is 318 g/mol. The highest BCUT2D eigenvalue weighted by Crippen LogP contribution is 2.41. The molecule has 0 aromatic heterocycles. The van der Waals surface area contributed by atoms with Crippen molar-refractivity contribution < 1.29 is 4.79 Å². The van der Waals surface area contributed by atoms with Crippen molar-refractivity contribution in [2.75, 3.05) is 4.90 Å². The Labute approximate surface area is 143 Å². The fraction of sp³-hybridized carbons (Fsp3) is 0.667. The maximum absolute atomic E-state index is 13.5. The second kappa shape index (κ2) is 7.51. The molecule has 2 heteroatoms. The van der Waals surface area contributed by atoms with Gasteiger partial charge in [-0.05, 0) is 43.4 Å². The highest BCUT2D eigenvalue weighted by Gasteiger charge is 2.43. The van der Waals surface area contributed by atoms with E-state index >= 15 is 0 Å². The van der Waals surface area contributed by atoms with E-state index < -0.39 is 5.41 Å². The van der Waals surface area contributed by atoms with Gasteiger partial charge in [0.1, 0.15) is 0 Å². The third-order valence-corrected chi connectivity index (χ3v) is 5.32. The van der Waals surface area contributed by atoms with Crippen LogP contribution in [0, 0.1) is 17.8 Å². The molecule has 2 nitrogen and oxygen atoms in total. The summed E-state index contributed by atoms with van der Waals surface area (Å²) in [4.78, 5) is 15.5. The van der Waals surface area contributed by atoms with Crippen LogP contribution >= 0.6 is 0 Å². The minimum atomic E-state index is -0.419. The molecule has 0 aliphatic rings. The van der Waals surface area contributed by atoms with E-state index in [9.17, 15) is 4.79 Å². The van der Waals surface area contributed by atoms with Crippen molar-refractivity contribution in [1.29, 1.82) is 0 Å². The van der Waals surface area contributed by atoms with Gasteiger partial charge < -0.3 is 4.90 Å². The van der Waals surface area contributed by atoms with Crippen molar-refractivity contribution in [3.05, 3.63) is 29.8 Å². The molecule has 0 bridgehead atoms. The molecule has 0 aliphatic carbocycles. The third kappa shape index (κ3) is 4.59. The molecule has 23 heavy (non-hydrogen) atoms. The Morgan fingerprint density at radius 3 is 2.26 bits per heavy atom. The van der Waals surface area contributed by atoms with Crippen molar-refractivity contribution in [3.63, 3.8) is 0 Å². The van der Waals surface area contributed by atoms with Gasteiger partial charge in [-0.25, -0.2) is 0 Å². The second-order valence-electron chi connectivity index (χ2n) is 8.38. The number of amides is 1. The van der Waals surface area contributed by atoms with Crippen LogP contribution in [0.4, 0.5) is 5.69 Å². The van der Waals surface area contributed by atoms with Gasteiger partial charge in [0.15, 0.2) is 0 Å². The summed E-state index contributed by atoms with van der Waals surface area (Å²) in [6.07, 6.45) is 3.34. The summed E-state index contributed by atoms with van der Waals surface area (Å²) in [5.74, 6) is 0.221. The molecule has 0 saturated heterocycles. The molecule has 1 rings (SSSR count). The topological polar surface area (TPSA) is 20.3 Å². The lowest BCUT2D eigenvalue weighted by molar-refractivity contribution is -0.132. The van der Waals surface area contributed by atoms with Crippen LogP contribution in [-0.2, 0) is 4.79 Å². The first-order valence-electron chi connectivity index (χ1n) is 8.92. The van der Waals surface area contributed by atoms with Crippen molar-refractivity contribution in [2.24, 2.45) is 10.8 Å². The SMILES string of the molecule is CCCCC(C)N(C(=O)C(C)(C)C(C)(C)C)c1cccc(C)c1. The lowest BCUT2D eigenvalue weighted by atomic mass is 9.68. The molecule has 1 unspecified atom stereocenters. The van der Waals surface area contributed by atoms with Crippen LogP contribution in [0.5, 0.6) is 0 Å². The van der Waals surface area contributed by atoms with E-state index in [0.717, 1.165) is 24.9 Å². The first-order valence-corrected chi connectivity index (χ1v) is 8.92. The Bertz CT molecular complexity index is 525. The zero-order valence-corrected chi connectivity index (χ0v) is 16.4. The van der Waals surface area contributed by atoms with Gasteiger partial charge in [-0.2, -0.15) is 0 Å². The van der Waals surface area contributed by atoms with Gasteiger partial charge in [0.25, 0.3) is 0 Å². The highest BCUT2D eigenvalue weighted by atomic mass is 16.2. The number of carbonyl (C=O) groups is 1. The number of unbranched alkanes of at least 4 members (excludes halogenated alkanes) is 1. The summed E-state index contributed by atoms with van der Waals surface area (Å²) in [5.41, 5.74) is 1.71. The van der Waals surface area contributed by atoms with Gasteiger partial charge in [0.2, 0.25) is 5.91 Å². The summed E-state index contributed by atoms with van der Waals surface area (Å²) < 4.78 is 0. The number of aryl methyl sites for hydroxylation is 1. The summed E-state index contributed by atoms with van der Waals surface area (Å²) in [6.45, 7) is 17.1. The predicted octanol–water partition coefficient (Wildman–Crippen LogP) is 5.98. The molecule has 0 heterocycles. The monoisotopic (exact) mass is 317 g/mol. The largest absolute Gasteiger partial charge is 0.309 e. The van der Waals surface area contributed by atoms with Crippen LogP contribution in [0.1, 0.15) is 73.3 Å². The number of carbonyl (C=O) groups excluding carboxylic acids is 1. The Balaban J connectivity index is 3.26. The molecule has 0 radical (unpaired) electrons. The minimum absolute atomic E-state index is 0.0867. The van der Waals surface area contributed by atoms with E-state index in [2.05, 4.69) is 73.6 Å². The first kappa shape index (κ1) is 19.7. The van der Waals surface area contributed by atoms with Crippen molar-refractivity contribution in [1.82, 2.24) is 0 Å². The maximum atomic E-state index is 13.5. The van der Waals surface area contributed by atoms with Crippen molar-refractivity contribution in [3.8, 4) is 0 Å². The minimum Gasteiger partial charge on any atom is -0.309 e. The number of benzene rings is 1. The third-order valence-electron chi connectivity index (χ3n) is 5.32. The van der Waals surface area contributed by atoms with E-state index in [1.165, 1.54) is 5.56 Å². The Kier molecular flexibility index (Phi) is 6.44. The second-order valence-corrected chi connectivity index (χ2v) is 8.38. The van der Waals surface area contributed by atoms with Crippen LogP contribution in [0.25, 0.3) is 0 Å². The molecule has 1 atom stereocenters. The Morgan fingerprint density at radius 2 is 1.78 bits per heavy atom. The number of anilines is 1. The van der Waals surface area contributed by atoms with E-state index in [-0.39, 0.29) is 17.4 Å². The van der Waals surface area contributed by atoms with Gasteiger partial charge in [-0.3, -0.25) is 4.79 Å². The summed E-state index contributed by atoms with van der Waals surface area (Å²) >= 11 is 0. The fourth-order valence-corrected chi connectivity index (χ4v) is 2.60. The standard InChI is InChI=1S/C21H35NO/c1-9-10-13-17(3)22(18-14-11-12-16(2)15-18)19(23)21(7,8)20(4,5)6/h11-12,14-15,17H,9-10,13H2,1-8H3. The summed E-state index contributed by atoms with van der Waals surface area (Å²) in [7, 11) is 0. The molecular formula is C21H35NO. The summed E-state index contributed by atoms with van der Waals surface area (Å²) in [6, 6.07) is 8.52. The van der Waals surface area contributed by atoms with Crippen molar-refractivity contribution in [2.45, 2.75) is 80.7 Å². The molecule has 0 N–H and O–H groups in total. The molecule has 1 aromatic rings. The Morgan fingerprint density at radius 1 is 1.17 bits per heavy atom. The predicted molar refractivity (Wildman–Crippen MR) is 101 cm³/mol. The first-order chi connectivity index (χ1) is 10.5. The molecule has 1 amide bonds. The zero-order chi connectivity index (χ0) is 17.8.